The maximum absolute atomic E-state index is 12.0. The van der Waals surface area contributed by atoms with E-state index < -0.39 is 0 Å². The topological polar surface area (TPSA) is 61.3 Å². The Bertz CT molecular complexity index is 893. The van der Waals surface area contributed by atoms with E-state index in [-0.39, 0.29) is 17.8 Å². The van der Waals surface area contributed by atoms with Crippen molar-refractivity contribution in [2.45, 2.75) is 31.4 Å². The smallest absolute Gasteiger partial charge is 0.316 e. The number of benzene rings is 1. The van der Waals surface area contributed by atoms with Crippen molar-refractivity contribution < 1.29 is 14.3 Å². The van der Waals surface area contributed by atoms with Crippen LogP contribution in [0.4, 0.5) is 0 Å². The summed E-state index contributed by atoms with van der Waals surface area (Å²) in [6.45, 7) is 3.89. The molecule has 0 aliphatic rings. The minimum Gasteiger partial charge on any atom is -0.497 e. The van der Waals surface area contributed by atoms with Gasteiger partial charge in [-0.1, -0.05) is 30.8 Å². The summed E-state index contributed by atoms with van der Waals surface area (Å²) < 4.78 is 10.6. The lowest BCUT2D eigenvalue weighted by molar-refractivity contribution is -0.144. The number of carbonyl (C=O) groups is 1. The quantitative estimate of drug-likeness (QED) is 0.329. The Labute approximate surface area is 160 Å². The van der Waals surface area contributed by atoms with Gasteiger partial charge in [-0.3, -0.25) is 4.79 Å². The first kappa shape index (κ1) is 18.7. The van der Waals surface area contributed by atoms with Crippen molar-refractivity contribution in [1.82, 2.24) is 9.97 Å². The Morgan fingerprint density at radius 2 is 2.04 bits per heavy atom. The summed E-state index contributed by atoms with van der Waals surface area (Å²) in [5, 5.41) is 3.84. The van der Waals surface area contributed by atoms with Crippen LogP contribution in [0.25, 0.3) is 21.3 Å². The molecule has 0 N–H and O–H groups in total. The molecule has 136 valence electrons. The second kappa shape index (κ2) is 8.51. The molecule has 0 radical (unpaired) electrons. The molecule has 0 amide bonds. The molecular formula is C19H20N2O3S2. The molecule has 3 aromatic rings. The number of ether oxygens (including phenoxy) is 2. The van der Waals surface area contributed by atoms with Crippen LogP contribution in [0.2, 0.25) is 0 Å². The number of rotatable bonds is 7. The van der Waals surface area contributed by atoms with Crippen molar-refractivity contribution in [1.29, 1.82) is 0 Å². The maximum atomic E-state index is 12.0. The highest BCUT2D eigenvalue weighted by Crippen LogP contribution is 2.38. The third kappa shape index (κ3) is 4.16. The second-order valence-electron chi connectivity index (χ2n) is 5.73. The number of aromatic nitrogens is 2. The van der Waals surface area contributed by atoms with Gasteiger partial charge in [0.15, 0.2) is 0 Å². The van der Waals surface area contributed by atoms with Gasteiger partial charge in [0.1, 0.15) is 21.9 Å². The van der Waals surface area contributed by atoms with Crippen LogP contribution in [0.1, 0.15) is 20.3 Å². The predicted molar refractivity (Wildman–Crippen MR) is 106 cm³/mol. The number of thiophene rings is 1. The lowest BCUT2D eigenvalue weighted by Gasteiger charge is -2.10. The van der Waals surface area contributed by atoms with E-state index in [9.17, 15) is 4.79 Å². The maximum Gasteiger partial charge on any atom is 0.316 e. The lowest BCUT2D eigenvalue weighted by atomic mass is 10.1. The Kier molecular flexibility index (Phi) is 6.11. The molecule has 0 saturated carbocycles. The molecule has 2 aromatic heterocycles. The largest absolute Gasteiger partial charge is 0.497 e. The highest BCUT2D eigenvalue weighted by atomic mass is 32.2. The van der Waals surface area contributed by atoms with E-state index in [1.54, 1.807) is 24.8 Å². The standard InChI is InChI=1S/C19H20N2O3S2/c1-4-12(2)24-16(22)10-26-19-17-15(9-25-18(17)20-11-21-19)13-5-7-14(23-3)8-6-13/h5-9,11-12H,4,10H2,1-3H3. The zero-order valence-electron chi connectivity index (χ0n) is 14.9. The summed E-state index contributed by atoms with van der Waals surface area (Å²) in [5.74, 6) is 0.818. The first-order valence-corrected chi connectivity index (χ1v) is 10.2. The van der Waals surface area contributed by atoms with Crippen LogP contribution in [-0.2, 0) is 9.53 Å². The lowest BCUT2D eigenvalue weighted by Crippen LogP contribution is -2.15. The molecule has 0 aliphatic carbocycles. The van der Waals surface area contributed by atoms with Crippen molar-refractivity contribution in [2.24, 2.45) is 0 Å². The van der Waals surface area contributed by atoms with Crippen LogP contribution in [0.15, 0.2) is 41.0 Å². The SMILES string of the molecule is CCC(C)OC(=O)CSc1ncnc2scc(-c3ccc(OC)cc3)c12. The van der Waals surface area contributed by atoms with Crippen LogP contribution in [0, 0.1) is 0 Å². The fourth-order valence-electron chi connectivity index (χ4n) is 2.41. The normalized spacial score (nSPS) is 12.1. The number of esters is 1. The number of hydrogen-bond donors (Lipinski definition) is 0. The molecule has 0 aliphatic heterocycles. The second-order valence-corrected chi connectivity index (χ2v) is 7.56. The van der Waals surface area contributed by atoms with E-state index in [1.807, 2.05) is 38.1 Å². The van der Waals surface area contributed by atoms with Crippen LogP contribution in [0.3, 0.4) is 0 Å². The van der Waals surface area contributed by atoms with Gasteiger partial charge in [-0.05, 0) is 31.0 Å². The zero-order valence-corrected chi connectivity index (χ0v) is 16.5. The molecule has 7 heteroatoms. The van der Waals surface area contributed by atoms with E-state index in [1.165, 1.54) is 11.8 Å². The molecule has 1 atom stereocenters. The number of thioether (sulfide) groups is 1. The molecule has 0 bridgehead atoms. The highest BCUT2D eigenvalue weighted by Gasteiger charge is 2.16. The monoisotopic (exact) mass is 388 g/mol. The summed E-state index contributed by atoms with van der Waals surface area (Å²) >= 11 is 2.96. The van der Waals surface area contributed by atoms with E-state index in [2.05, 4.69) is 15.3 Å². The first-order chi connectivity index (χ1) is 12.6. The summed E-state index contributed by atoms with van der Waals surface area (Å²) in [4.78, 5) is 21.7. The van der Waals surface area contributed by atoms with Gasteiger partial charge in [-0.25, -0.2) is 9.97 Å². The third-order valence-corrected chi connectivity index (χ3v) is 5.82. The van der Waals surface area contributed by atoms with Crippen LogP contribution in [0.5, 0.6) is 5.75 Å². The van der Waals surface area contributed by atoms with Gasteiger partial charge in [0.25, 0.3) is 0 Å². The summed E-state index contributed by atoms with van der Waals surface area (Å²) in [7, 11) is 1.65. The van der Waals surface area contributed by atoms with Gasteiger partial charge < -0.3 is 9.47 Å². The fourth-order valence-corrected chi connectivity index (χ4v) is 4.18. The molecule has 0 fully saturated rings. The minimum atomic E-state index is -0.225. The molecule has 1 aromatic carbocycles. The molecule has 2 heterocycles. The van der Waals surface area contributed by atoms with Crippen LogP contribution in [-0.4, -0.2) is 34.9 Å². The average molecular weight is 389 g/mol. The van der Waals surface area contributed by atoms with Gasteiger partial charge >= 0.3 is 5.97 Å². The van der Waals surface area contributed by atoms with Gasteiger partial charge in [-0.15, -0.1) is 11.3 Å². The Morgan fingerprint density at radius 3 is 2.73 bits per heavy atom. The number of carbonyl (C=O) groups excluding carboxylic acids is 1. The first-order valence-electron chi connectivity index (χ1n) is 8.31. The molecule has 26 heavy (non-hydrogen) atoms. The zero-order chi connectivity index (χ0) is 18.5. The van der Waals surface area contributed by atoms with Crippen LogP contribution < -0.4 is 4.74 Å². The van der Waals surface area contributed by atoms with Crippen molar-refractivity contribution in [3.8, 4) is 16.9 Å². The molecule has 1 unspecified atom stereocenters. The van der Waals surface area contributed by atoms with Crippen molar-refractivity contribution in [3.63, 3.8) is 0 Å². The minimum absolute atomic E-state index is 0.0653. The fraction of sp³-hybridized carbons (Fsp3) is 0.316. The number of methoxy groups -OCH3 is 1. The number of nitrogens with zero attached hydrogens (tertiary/aromatic N) is 2. The molecule has 3 rings (SSSR count). The van der Waals surface area contributed by atoms with Crippen molar-refractivity contribution in [3.05, 3.63) is 36.0 Å². The van der Waals surface area contributed by atoms with E-state index in [0.29, 0.717) is 0 Å². The predicted octanol–water partition coefficient (Wildman–Crippen LogP) is 4.80. The van der Waals surface area contributed by atoms with Crippen molar-refractivity contribution in [2.75, 3.05) is 12.9 Å². The third-order valence-electron chi connectivity index (χ3n) is 3.97. The van der Waals surface area contributed by atoms with Gasteiger partial charge in [0.2, 0.25) is 0 Å². The number of fused-ring (bicyclic) bond motifs is 1. The summed E-state index contributed by atoms with van der Waals surface area (Å²) in [6, 6.07) is 7.88. The number of hydrogen-bond acceptors (Lipinski definition) is 7. The summed E-state index contributed by atoms with van der Waals surface area (Å²) in [6.07, 6.45) is 2.28. The summed E-state index contributed by atoms with van der Waals surface area (Å²) in [5.41, 5.74) is 2.13. The average Bonchev–Trinajstić information content (AvgIpc) is 3.11. The van der Waals surface area contributed by atoms with Crippen molar-refractivity contribution >= 4 is 39.3 Å². The Morgan fingerprint density at radius 1 is 1.27 bits per heavy atom. The molecule has 5 nitrogen and oxygen atoms in total. The highest BCUT2D eigenvalue weighted by molar-refractivity contribution is 8.00. The molecular weight excluding hydrogens is 368 g/mol. The molecule has 0 saturated heterocycles. The Hall–Kier alpha value is -2.12. The van der Waals surface area contributed by atoms with E-state index >= 15 is 0 Å². The van der Waals surface area contributed by atoms with Gasteiger partial charge in [-0.2, -0.15) is 0 Å². The van der Waals surface area contributed by atoms with Gasteiger partial charge in [0, 0.05) is 10.9 Å². The van der Waals surface area contributed by atoms with Crippen LogP contribution >= 0.6 is 23.1 Å². The molecule has 0 spiro atoms. The Balaban J connectivity index is 1.86. The van der Waals surface area contributed by atoms with E-state index in [0.717, 1.165) is 38.5 Å². The van der Waals surface area contributed by atoms with E-state index in [4.69, 9.17) is 9.47 Å². The van der Waals surface area contributed by atoms with Gasteiger partial charge in [0.05, 0.1) is 24.4 Å².